The molecule has 1 aliphatic rings. The Morgan fingerprint density at radius 3 is 2.57 bits per heavy atom. The third-order valence-corrected chi connectivity index (χ3v) is 1.18. The van der Waals surface area contributed by atoms with Gasteiger partial charge in [0.1, 0.15) is 0 Å². The summed E-state index contributed by atoms with van der Waals surface area (Å²) < 4.78 is 0. The average Bonchev–Trinajstić information content (AvgIpc) is 1.68. The van der Waals surface area contributed by atoms with E-state index < -0.39 is 0 Å². The molecule has 1 unspecified atom stereocenters. The molecule has 0 radical (unpaired) electrons. The van der Waals surface area contributed by atoms with Crippen LogP contribution in [0.4, 0.5) is 0 Å². The molecule has 1 heterocycles. The Hall–Kier alpha value is -0.570. The van der Waals surface area contributed by atoms with Crippen molar-refractivity contribution < 1.29 is 4.79 Å². The van der Waals surface area contributed by atoms with Crippen molar-refractivity contribution in [2.75, 3.05) is 6.54 Å². The van der Waals surface area contributed by atoms with Crippen molar-refractivity contribution in [2.24, 2.45) is 11.8 Å². The third-order valence-electron chi connectivity index (χ3n) is 1.18. The van der Waals surface area contributed by atoms with Crippen molar-refractivity contribution in [1.82, 2.24) is 5.01 Å². The number of hydrogen-bond donors (Lipinski definition) is 1. The molecule has 0 spiro atoms. The van der Waals surface area contributed by atoms with Gasteiger partial charge in [0.2, 0.25) is 5.91 Å². The highest BCUT2D eigenvalue weighted by molar-refractivity contribution is 5.83. The van der Waals surface area contributed by atoms with E-state index in [2.05, 4.69) is 0 Å². The van der Waals surface area contributed by atoms with Crippen LogP contribution in [0.15, 0.2) is 0 Å². The smallest absolute Gasteiger partial charge is 0.241 e. The Bertz CT molecular complexity index is 91.9. The Balaban J connectivity index is 2.44. The Labute approximate surface area is 42.1 Å². The molecule has 1 rings (SSSR count). The summed E-state index contributed by atoms with van der Waals surface area (Å²) in [5, 5.41) is 1.23. The summed E-state index contributed by atoms with van der Waals surface area (Å²) >= 11 is 0. The Morgan fingerprint density at radius 1 is 2.00 bits per heavy atom. The van der Waals surface area contributed by atoms with Gasteiger partial charge in [-0.1, -0.05) is 6.92 Å². The molecule has 0 bridgehead atoms. The van der Waals surface area contributed by atoms with Gasteiger partial charge in [-0.2, -0.15) is 0 Å². The van der Waals surface area contributed by atoms with E-state index in [1.165, 1.54) is 5.01 Å². The van der Waals surface area contributed by atoms with Crippen LogP contribution in [-0.4, -0.2) is 17.5 Å². The summed E-state index contributed by atoms with van der Waals surface area (Å²) in [6.45, 7) is 2.59. The third kappa shape index (κ3) is 0.489. The second-order valence-electron chi connectivity index (χ2n) is 1.89. The molecular weight excluding hydrogens is 92.1 g/mol. The van der Waals surface area contributed by atoms with Crippen molar-refractivity contribution in [3.8, 4) is 0 Å². The standard InChI is InChI=1S/C4H8N2O/c1-3-2-6(5)4(3)7/h3H,2,5H2,1H3. The highest BCUT2D eigenvalue weighted by atomic mass is 16.2. The van der Waals surface area contributed by atoms with Gasteiger partial charge in [0, 0.05) is 6.54 Å². The minimum atomic E-state index is 0.0556. The van der Waals surface area contributed by atoms with Gasteiger partial charge in [-0.3, -0.25) is 9.80 Å². The van der Waals surface area contributed by atoms with Crippen LogP contribution in [-0.2, 0) is 4.79 Å². The summed E-state index contributed by atoms with van der Waals surface area (Å²) in [6.07, 6.45) is 0. The Morgan fingerprint density at radius 2 is 2.57 bits per heavy atom. The number of hydrazine groups is 1. The number of nitrogens with two attached hydrogens (primary N) is 1. The molecule has 3 nitrogen and oxygen atoms in total. The number of carbonyl (C=O) groups is 1. The van der Waals surface area contributed by atoms with Gasteiger partial charge in [0.05, 0.1) is 5.92 Å². The van der Waals surface area contributed by atoms with Crippen molar-refractivity contribution in [3.05, 3.63) is 0 Å². The molecule has 1 fully saturated rings. The minimum Gasteiger partial charge on any atom is -0.280 e. The van der Waals surface area contributed by atoms with Crippen LogP contribution in [0, 0.1) is 5.92 Å². The Kier molecular flexibility index (Phi) is 0.785. The monoisotopic (exact) mass is 100 g/mol. The molecule has 1 amide bonds. The van der Waals surface area contributed by atoms with E-state index in [-0.39, 0.29) is 11.8 Å². The molecule has 40 valence electrons. The predicted molar refractivity (Wildman–Crippen MR) is 25.1 cm³/mol. The molecule has 1 atom stereocenters. The van der Waals surface area contributed by atoms with E-state index in [9.17, 15) is 4.79 Å². The first-order chi connectivity index (χ1) is 3.22. The molecular formula is C4H8N2O. The van der Waals surface area contributed by atoms with Crippen molar-refractivity contribution >= 4 is 5.91 Å². The zero-order chi connectivity index (χ0) is 5.44. The van der Waals surface area contributed by atoms with E-state index in [1.807, 2.05) is 6.92 Å². The molecule has 0 saturated carbocycles. The molecule has 0 aromatic rings. The summed E-state index contributed by atoms with van der Waals surface area (Å²) in [4.78, 5) is 10.4. The van der Waals surface area contributed by atoms with Crippen LogP contribution in [0.5, 0.6) is 0 Å². The predicted octanol–water partition coefficient (Wildman–Crippen LogP) is -0.662. The molecule has 1 saturated heterocycles. The van der Waals surface area contributed by atoms with Gasteiger partial charge in [-0.05, 0) is 0 Å². The average molecular weight is 100 g/mol. The lowest BCUT2D eigenvalue weighted by molar-refractivity contribution is -0.147. The zero-order valence-electron chi connectivity index (χ0n) is 4.22. The lowest BCUT2D eigenvalue weighted by Gasteiger charge is -2.31. The van der Waals surface area contributed by atoms with Crippen LogP contribution < -0.4 is 5.84 Å². The van der Waals surface area contributed by atoms with Crippen LogP contribution in [0.3, 0.4) is 0 Å². The number of hydrogen-bond acceptors (Lipinski definition) is 2. The van der Waals surface area contributed by atoms with Crippen molar-refractivity contribution in [1.29, 1.82) is 0 Å². The summed E-state index contributed by atoms with van der Waals surface area (Å²) in [5.74, 6) is 5.32. The quantitative estimate of drug-likeness (QED) is 0.249. The first kappa shape index (κ1) is 4.59. The van der Waals surface area contributed by atoms with E-state index in [4.69, 9.17) is 5.84 Å². The minimum absolute atomic E-state index is 0.0556. The van der Waals surface area contributed by atoms with Crippen LogP contribution in [0.1, 0.15) is 6.92 Å². The van der Waals surface area contributed by atoms with E-state index in [1.54, 1.807) is 0 Å². The fourth-order valence-electron chi connectivity index (χ4n) is 0.634. The maximum atomic E-state index is 10.4. The fourth-order valence-corrected chi connectivity index (χ4v) is 0.634. The van der Waals surface area contributed by atoms with Gasteiger partial charge in [0.15, 0.2) is 0 Å². The summed E-state index contributed by atoms with van der Waals surface area (Å²) in [5.41, 5.74) is 0. The first-order valence-corrected chi connectivity index (χ1v) is 2.28. The van der Waals surface area contributed by atoms with Crippen LogP contribution in [0.2, 0.25) is 0 Å². The highest BCUT2D eigenvalue weighted by Gasteiger charge is 2.29. The number of rotatable bonds is 0. The second kappa shape index (κ2) is 1.20. The van der Waals surface area contributed by atoms with Crippen molar-refractivity contribution in [3.63, 3.8) is 0 Å². The molecule has 0 aromatic carbocycles. The van der Waals surface area contributed by atoms with E-state index >= 15 is 0 Å². The SMILES string of the molecule is CC1CN(N)C1=O. The first-order valence-electron chi connectivity index (χ1n) is 2.28. The molecule has 0 aliphatic carbocycles. The van der Waals surface area contributed by atoms with E-state index in [0.717, 1.165) is 6.54 Å². The fraction of sp³-hybridized carbons (Fsp3) is 0.750. The van der Waals surface area contributed by atoms with Gasteiger partial charge in [-0.25, -0.2) is 5.84 Å². The van der Waals surface area contributed by atoms with Crippen LogP contribution in [0.25, 0.3) is 0 Å². The van der Waals surface area contributed by atoms with Gasteiger partial charge >= 0.3 is 0 Å². The lowest BCUT2D eigenvalue weighted by atomic mass is 10.1. The zero-order valence-corrected chi connectivity index (χ0v) is 4.22. The molecule has 1 aliphatic heterocycles. The summed E-state index contributed by atoms with van der Waals surface area (Å²) in [7, 11) is 0. The molecule has 2 N–H and O–H groups in total. The summed E-state index contributed by atoms with van der Waals surface area (Å²) in [6, 6.07) is 0. The molecule has 3 heteroatoms. The largest absolute Gasteiger partial charge is 0.280 e. The number of nitrogens with zero attached hydrogens (tertiary/aromatic N) is 1. The van der Waals surface area contributed by atoms with Crippen molar-refractivity contribution in [2.45, 2.75) is 6.92 Å². The van der Waals surface area contributed by atoms with Gasteiger partial charge < -0.3 is 0 Å². The maximum absolute atomic E-state index is 10.4. The van der Waals surface area contributed by atoms with Gasteiger partial charge in [0.25, 0.3) is 0 Å². The van der Waals surface area contributed by atoms with Gasteiger partial charge in [-0.15, -0.1) is 0 Å². The maximum Gasteiger partial charge on any atom is 0.241 e. The van der Waals surface area contributed by atoms with Crippen LogP contribution >= 0.6 is 0 Å². The second-order valence-corrected chi connectivity index (χ2v) is 1.89. The number of β-lactam (4-membered cyclic amide) rings is 1. The topological polar surface area (TPSA) is 46.3 Å². The number of carbonyl (C=O) groups excluding carboxylic acids is 1. The normalized spacial score (nSPS) is 30.3. The highest BCUT2D eigenvalue weighted by Crippen LogP contribution is 2.10. The lowest BCUT2D eigenvalue weighted by Crippen LogP contribution is -2.54. The number of amides is 1. The molecule has 7 heavy (non-hydrogen) atoms. The molecule has 0 aromatic heterocycles. The van der Waals surface area contributed by atoms with E-state index in [0.29, 0.717) is 0 Å².